The maximum atomic E-state index is 12.4. The van der Waals surface area contributed by atoms with E-state index in [0.717, 1.165) is 31.5 Å². The van der Waals surface area contributed by atoms with Crippen molar-refractivity contribution in [3.63, 3.8) is 0 Å². The van der Waals surface area contributed by atoms with Gasteiger partial charge in [-0.3, -0.25) is 4.90 Å². The molecule has 1 aliphatic rings. The highest BCUT2D eigenvalue weighted by molar-refractivity contribution is 5.69. The lowest BCUT2D eigenvalue weighted by molar-refractivity contribution is 0.0199. The standard InChI is InChI=1S/C23H41N3O3/c1-5-6-7-8-9-10-11-12-13-14-17-20-24-21(29-25-20)19-16-15-18-26(19)22(27)28-23(2,3)4/h19H,5-18H2,1-4H3/t19-/m0/s1. The number of carbonyl (C=O) groups excluding carboxylic acids is 1. The number of aryl methyl sites for hydroxylation is 1. The van der Waals surface area contributed by atoms with E-state index >= 15 is 0 Å². The van der Waals surface area contributed by atoms with Gasteiger partial charge in [0.2, 0.25) is 5.89 Å². The van der Waals surface area contributed by atoms with E-state index in [1.807, 2.05) is 20.8 Å². The Labute approximate surface area is 176 Å². The third kappa shape index (κ3) is 8.75. The van der Waals surface area contributed by atoms with Crippen molar-refractivity contribution < 1.29 is 14.1 Å². The normalized spacial score (nSPS) is 17.1. The highest BCUT2D eigenvalue weighted by Gasteiger charge is 2.36. The maximum absolute atomic E-state index is 12.4. The van der Waals surface area contributed by atoms with Crippen LogP contribution in [0.4, 0.5) is 4.79 Å². The molecule has 0 radical (unpaired) electrons. The van der Waals surface area contributed by atoms with Gasteiger partial charge < -0.3 is 9.26 Å². The Morgan fingerprint density at radius 1 is 1.07 bits per heavy atom. The topological polar surface area (TPSA) is 68.5 Å². The first-order chi connectivity index (χ1) is 13.9. The number of carbonyl (C=O) groups is 1. The number of rotatable bonds is 12. The van der Waals surface area contributed by atoms with Crippen molar-refractivity contribution >= 4 is 6.09 Å². The number of aromatic nitrogens is 2. The van der Waals surface area contributed by atoms with Crippen molar-refractivity contribution in [3.8, 4) is 0 Å². The summed E-state index contributed by atoms with van der Waals surface area (Å²) in [6, 6.07) is -0.154. The largest absolute Gasteiger partial charge is 0.444 e. The lowest BCUT2D eigenvalue weighted by Crippen LogP contribution is -2.36. The molecular formula is C23H41N3O3. The molecule has 0 aliphatic carbocycles. The van der Waals surface area contributed by atoms with Gasteiger partial charge in [-0.05, 0) is 40.0 Å². The van der Waals surface area contributed by atoms with Gasteiger partial charge in [0, 0.05) is 13.0 Å². The van der Waals surface area contributed by atoms with Crippen LogP contribution in [0.5, 0.6) is 0 Å². The summed E-state index contributed by atoms with van der Waals surface area (Å²) in [5, 5.41) is 4.14. The minimum absolute atomic E-state index is 0.154. The summed E-state index contributed by atoms with van der Waals surface area (Å²) in [6.45, 7) is 8.58. The molecule has 6 heteroatoms. The van der Waals surface area contributed by atoms with Crippen molar-refractivity contribution in [2.45, 2.75) is 123 Å². The molecule has 0 saturated carbocycles. The van der Waals surface area contributed by atoms with Gasteiger partial charge >= 0.3 is 6.09 Å². The maximum Gasteiger partial charge on any atom is 0.410 e. The zero-order valence-electron chi connectivity index (χ0n) is 19.0. The van der Waals surface area contributed by atoms with Crippen molar-refractivity contribution in [3.05, 3.63) is 11.7 Å². The van der Waals surface area contributed by atoms with Crippen molar-refractivity contribution in [1.29, 1.82) is 0 Å². The van der Waals surface area contributed by atoms with Gasteiger partial charge in [0.25, 0.3) is 0 Å². The Balaban J connectivity index is 1.66. The summed E-state index contributed by atoms with van der Waals surface area (Å²) < 4.78 is 11.0. The van der Waals surface area contributed by atoms with Crippen LogP contribution in [0.2, 0.25) is 0 Å². The molecule has 0 unspecified atom stereocenters. The zero-order valence-corrected chi connectivity index (χ0v) is 19.0. The Bertz CT molecular complexity index is 594. The summed E-state index contributed by atoms with van der Waals surface area (Å²) in [4.78, 5) is 18.7. The van der Waals surface area contributed by atoms with Gasteiger partial charge in [-0.25, -0.2) is 4.79 Å². The first-order valence-electron chi connectivity index (χ1n) is 11.7. The SMILES string of the molecule is CCCCCCCCCCCCc1noc([C@@H]2CCCN2C(=O)OC(C)(C)C)n1. The highest BCUT2D eigenvalue weighted by atomic mass is 16.6. The Morgan fingerprint density at radius 2 is 1.69 bits per heavy atom. The number of likely N-dealkylation sites (tertiary alicyclic amines) is 1. The smallest absolute Gasteiger partial charge is 0.410 e. The van der Waals surface area contributed by atoms with Crippen LogP contribution in [0, 0.1) is 0 Å². The second-order valence-corrected chi connectivity index (χ2v) is 9.31. The first kappa shape index (κ1) is 23.7. The molecule has 0 bridgehead atoms. The fourth-order valence-electron chi connectivity index (χ4n) is 3.84. The molecule has 1 saturated heterocycles. The van der Waals surface area contributed by atoms with E-state index < -0.39 is 5.60 Å². The molecule has 1 aliphatic heterocycles. The molecule has 0 aromatic carbocycles. The second-order valence-electron chi connectivity index (χ2n) is 9.31. The number of ether oxygens (including phenoxy) is 1. The van der Waals surface area contributed by atoms with Crippen molar-refractivity contribution in [1.82, 2.24) is 15.0 Å². The van der Waals surface area contributed by atoms with Crippen LogP contribution in [-0.4, -0.2) is 33.3 Å². The number of hydrogen-bond donors (Lipinski definition) is 0. The van der Waals surface area contributed by atoms with Gasteiger partial charge in [-0.15, -0.1) is 0 Å². The summed E-state index contributed by atoms with van der Waals surface area (Å²) in [6.07, 6.45) is 15.5. The lowest BCUT2D eigenvalue weighted by atomic mass is 10.1. The Hall–Kier alpha value is -1.59. The lowest BCUT2D eigenvalue weighted by Gasteiger charge is -2.26. The summed E-state index contributed by atoms with van der Waals surface area (Å²) >= 11 is 0. The van der Waals surface area contributed by atoms with Crippen LogP contribution in [0.1, 0.15) is 123 Å². The van der Waals surface area contributed by atoms with Crippen molar-refractivity contribution in [2.75, 3.05) is 6.54 Å². The average molecular weight is 408 g/mol. The summed E-state index contributed by atoms with van der Waals surface area (Å²) in [5.41, 5.74) is -0.500. The van der Waals surface area contributed by atoms with Crippen LogP contribution in [0.15, 0.2) is 4.52 Å². The fraction of sp³-hybridized carbons (Fsp3) is 0.870. The molecule has 1 fully saturated rings. The van der Waals surface area contributed by atoms with Crippen LogP contribution in [-0.2, 0) is 11.2 Å². The second kappa shape index (κ2) is 12.2. The quantitative estimate of drug-likeness (QED) is 0.365. The monoisotopic (exact) mass is 407 g/mol. The van der Waals surface area contributed by atoms with Crippen LogP contribution < -0.4 is 0 Å². The van der Waals surface area contributed by atoms with Crippen molar-refractivity contribution in [2.24, 2.45) is 0 Å². The number of unbranched alkanes of at least 4 members (excludes halogenated alkanes) is 9. The van der Waals surface area contributed by atoms with Gasteiger partial charge in [-0.2, -0.15) is 4.98 Å². The third-order valence-corrected chi connectivity index (χ3v) is 5.40. The summed E-state index contributed by atoms with van der Waals surface area (Å²) in [5.74, 6) is 1.31. The van der Waals surface area contributed by atoms with E-state index in [1.54, 1.807) is 4.90 Å². The number of amides is 1. The highest BCUT2D eigenvalue weighted by Crippen LogP contribution is 2.32. The predicted molar refractivity (Wildman–Crippen MR) is 115 cm³/mol. The number of hydrogen-bond acceptors (Lipinski definition) is 5. The molecular weight excluding hydrogens is 366 g/mol. The molecule has 1 atom stereocenters. The molecule has 0 spiro atoms. The van der Waals surface area contributed by atoms with E-state index in [9.17, 15) is 4.79 Å². The van der Waals surface area contributed by atoms with E-state index in [0.29, 0.717) is 12.4 Å². The van der Waals surface area contributed by atoms with Gasteiger partial charge in [-0.1, -0.05) is 69.9 Å². The third-order valence-electron chi connectivity index (χ3n) is 5.40. The van der Waals surface area contributed by atoms with Gasteiger partial charge in [0.1, 0.15) is 11.6 Å². The fourth-order valence-corrected chi connectivity index (χ4v) is 3.84. The Morgan fingerprint density at radius 3 is 2.31 bits per heavy atom. The molecule has 1 amide bonds. The molecule has 0 N–H and O–H groups in total. The molecule has 2 rings (SSSR count). The molecule has 6 nitrogen and oxygen atoms in total. The van der Waals surface area contributed by atoms with E-state index in [2.05, 4.69) is 17.1 Å². The molecule has 1 aromatic heterocycles. The molecule has 29 heavy (non-hydrogen) atoms. The molecule has 1 aromatic rings. The van der Waals surface area contributed by atoms with E-state index in [-0.39, 0.29) is 12.1 Å². The van der Waals surface area contributed by atoms with E-state index in [4.69, 9.17) is 9.26 Å². The molecule has 166 valence electrons. The average Bonchev–Trinajstić information content (AvgIpc) is 3.30. The number of nitrogens with zero attached hydrogens (tertiary/aromatic N) is 3. The summed E-state index contributed by atoms with van der Waals surface area (Å²) in [7, 11) is 0. The Kier molecular flexibility index (Phi) is 9.95. The van der Waals surface area contributed by atoms with E-state index in [1.165, 1.54) is 57.8 Å². The predicted octanol–water partition coefficient (Wildman–Crippen LogP) is 6.61. The minimum Gasteiger partial charge on any atom is -0.444 e. The van der Waals surface area contributed by atoms with Crippen LogP contribution in [0.3, 0.4) is 0 Å². The van der Waals surface area contributed by atoms with Crippen LogP contribution in [0.25, 0.3) is 0 Å². The van der Waals surface area contributed by atoms with Gasteiger partial charge in [0.15, 0.2) is 5.82 Å². The first-order valence-corrected chi connectivity index (χ1v) is 11.7. The zero-order chi connectivity index (χ0) is 21.1. The van der Waals surface area contributed by atoms with Gasteiger partial charge in [0.05, 0.1) is 0 Å². The minimum atomic E-state index is -0.500. The van der Waals surface area contributed by atoms with Crippen LogP contribution >= 0.6 is 0 Å². The molecule has 2 heterocycles.